The van der Waals surface area contributed by atoms with Gasteiger partial charge in [0.15, 0.2) is 5.25 Å². The zero-order valence-corrected chi connectivity index (χ0v) is 11.4. The summed E-state index contributed by atoms with van der Waals surface area (Å²) in [6.45, 7) is 4.67. The molecule has 1 aliphatic heterocycles. The lowest BCUT2D eigenvalue weighted by Gasteiger charge is -2.34. The Kier molecular flexibility index (Phi) is 3.46. The standard InChI is InChI=1S/C12H17N3O2S/c1-3-11(9-13)18(16,17)15-8-7-14-6-4-5-12(14)10(15)2/h4-6,10-11H,3,7-8H2,1-2H3/t10-,11+/m1/s1. The monoisotopic (exact) mass is 267 g/mol. The summed E-state index contributed by atoms with van der Waals surface area (Å²) in [5.41, 5.74) is 0.984. The van der Waals surface area contributed by atoms with E-state index in [4.69, 9.17) is 5.26 Å². The van der Waals surface area contributed by atoms with E-state index >= 15 is 0 Å². The minimum Gasteiger partial charge on any atom is -0.349 e. The zero-order valence-electron chi connectivity index (χ0n) is 10.6. The van der Waals surface area contributed by atoms with Gasteiger partial charge < -0.3 is 4.57 Å². The topological polar surface area (TPSA) is 66.1 Å². The lowest BCUT2D eigenvalue weighted by atomic mass is 10.2. The average molecular weight is 267 g/mol. The van der Waals surface area contributed by atoms with Gasteiger partial charge in [0.2, 0.25) is 10.0 Å². The van der Waals surface area contributed by atoms with E-state index < -0.39 is 15.3 Å². The van der Waals surface area contributed by atoms with Gasteiger partial charge in [-0.2, -0.15) is 9.57 Å². The predicted octanol–water partition coefficient (Wildman–Crippen LogP) is 1.50. The van der Waals surface area contributed by atoms with Crippen LogP contribution in [-0.2, 0) is 16.6 Å². The van der Waals surface area contributed by atoms with Crippen LogP contribution in [0, 0.1) is 11.3 Å². The van der Waals surface area contributed by atoms with Crippen molar-refractivity contribution in [3.8, 4) is 6.07 Å². The summed E-state index contributed by atoms with van der Waals surface area (Å²) in [6, 6.07) is 5.53. The molecule has 1 aromatic rings. The lowest BCUT2D eigenvalue weighted by Crippen LogP contribution is -2.44. The van der Waals surface area contributed by atoms with Crippen molar-refractivity contribution in [1.82, 2.24) is 8.87 Å². The molecule has 2 rings (SSSR count). The van der Waals surface area contributed by atoms with Crippen LogP contribution in [0.15, 0.2) is 18.3 Å². The first-order valence-corrected chi connectivity index (χ1v) is 7.58. The molecule has 5 nitrogen and oxygen atoms in total. The van der Waals surface area contributed by atoms with E-state index in [1.807, 2.05) is 31.3 Å². The molecule has 98 valence electrons. The molecule has 0 N–H and O–H groups in total. The number of sulfonamides is 1. The third kappa shape index (κ3) is 1.93. The van der Waals surface area contributed by atoms with Crippen molar-refractivity contribution in [1.29, 1.82) is 5.26 Å². The predicted molar refractivity (Wildman–Crippen MR) is 68.2 cm³/mol. The summed E-state index contributed by atoms with van der Waals surface area (Å²) in [7, 11) is -3.54. The van der Waals surface area contributed by atoms with Gasteiger partial charge in [-0.1, -0.05) is 6.92 Å². The van der Waals surface area contributed by atoms with Gasteiger partial charge in [-0.3, -0.25) is 0 Å². The molecule has 6 heteroatoms. The second-order valence-corrected chi connectivity index (χ2v) is 6.55. The van der Waals surface area contributed by atoms with Crippen molar-refractivity contribution < 1.29 is 8.42 Å². The summed E-state index contributed by atoms with van der Waals surface area (Å²) in [6.07, 6.45) is 2.28. The molecule has 0 fully saturated rings. The van der Waals surface area contributed by atoms with Crippen molar-refractivity contribution in [2.45, 2.75) is 38.1 Å². The molecule has 18 heavy (non-hydrogen) atoms. The molecule has 0 aromatic carbocycles. The molecule has 2 heterocycles. The Bertz CT molecular complexity index is 570. The van der Waals surface area contributed by atoms with Crippen LogP contribution in [-0.4, -0.2) is 29.1 Å². The van der Waals surface area contributed by atoms with E-state index in [1.54, 1.807) is 6.92 Å². The molecule has 0 aliphatic carbocycles. The highest BCUT2D eigenvalue weighted by molar-refractivity contribution is 7.90. The SMILES string of the molecule is CC[C@@H](C#N)S(=O)(=O)N1CCn2cccc2[C@H]1C. The first-order valence-electron chi connectivity index (χ1n) is 6.07. The highest BCUT2D eigenvalue weighted by Gasteiger charge is 2.37. The molecule has 0 unspecified atom stereocenters. The minimum atomic E-state index is -3.54. The summed E-state index contributed by atoms with van der Waals surface area (Å²) in [5, 5.41) is 8.03. The highest BCUT2D eigenvalue weighted by Crippen LogP contribution is 2.29. The Morgan fingerprint density at radius 3 is 2.89 bits per heavy atom. The molecular weight excluding hydrogens is 250 g/mol. The lowest BCUT2D eigenvalue weighted by molar-refractivity contribution is 0.280. The van der Waals surface area contributed by atoms with Crippen LogP contribution in [0.25, 0.3) is 0 Å². The molecule has 2 atom stereocenters. The molecule has 1 aromatic heterocycles. The number of hydrogen-bond donors (Lipinski definition) is 0. The molecule has 0 amide bonds. The summed E-state index contributed by atoms with van der Waals surface area (Å²) < 4.78 is 28.3. The largest absolute Gasteiger partial charge is 0.349 e. The first-order chi connectivity index (χ1) is 8.52. The van der Waals surface area contributed by atoms with Gasteiger partial charge in [0.05, 0.1) is 12.1 Å². The van der Waals surface area contributed by atoms with Gasteiger partial charge in [0.25, 0.3) is 0 Å². The highest BCUT2D eigenvalue weighted by atomic mass is 32.2. The number of fused-ring (bicyclic) bond motifs is 1. The maximum Gasteiger partial charge on any atom is 0.231 e. The van der Waals surface area contributed by atoms with Crippen LogP contribution in [0.1, 0.15) is 32.0 Å². The van der Waals surface area contributed by atoms with Gasteiger partial charge in [0, 0.05) is 25.0 Å². The molecule has 0 saturated carbocycles. The van der Waals surface area contributed by atoms with Crippen molar-refractivity contribution in [2.24, 2.45) is 0 Å². The summed E-state index contributed by atoms with van der Waals surface area (Å²) >= 11 is 0. The van der Waals surface area contributed by atoms with E-state index in [0.717, 1.165) is 5.69 Å². The minimum absolute atomic E-state index is 0.207. The number of aromatic nitrogens is 1. The molecular formula is C12H17N3O2S. The van der Waals surface area contributed by atoms with Gasteiger partial charge in [-0.25, -0.2) is 8.42 Å². The number of nitriles is 1. The molecule has 0 spiro atoms. The van der Waals surface area contributed by atoms with E-state index in [2.05, 4.69) is 4.57 Å². The van der Waals surface area contributed by atoms with Crippen LogP contribution in [0.2, 0.25) is 0 Å². The molecule has 0 radical (unpaired) electrons. The molecule has 0 saturated heterocycles. The van der Waals surface area contributed by atoms with Crippen molar-refractivity contribution in [2.75, 3.05) is 6.54 Å². The van der Waals surface area contributed by atoms with Gasteiger partial charge in [-0.15, -0.1) is 0 Å². The normalized spacial score (nSPS) is 22.2. The fourth-order valence-corrected chi connectivity index (χ4v) is 4.20. The maximum absolute atomic E-state index is 12.4. The van der Waals surface area contributed by atoms with E-state index in [0.29, 0.717) is 19.5 Å². The van der Waals surface area contributed by atoms with E-state index in [-0.39, 0.29) is 6.04 Å². The second kappa shape index (κ2) is 4.75. The number of nitrogens with zero attached hydrogens (tertiary/aromatic N) is 3. The van der Waals surface area contributed by atoms with Gasteiger partial charge in [-0.05, 0) is 25.5 Å². The van der Waals surface area contributed by atoms with Crippen molar-refractivity contribution >= 4 is 10.0 Å². The van der Waals surface area contributed by atoms with Crippen LogP contribution < -0.4 is 0 Å². The Hall–Kier alpha value is -1.32. The third-order valence-corrected chi connectivity index (χ3v) is 5.80. The average Bonchev–Trinajstić information content (AvgIpc) is 2.79. The Morgan fingerprint density at radius 1 is 1.56 bits per heavy atom. The van der Waals surface area contributed by atoms with Crippen molar-refractivity contribution in [3.05, 3.63) is 24.0 Å². The maximum atomic E-state index is 12.4. The Labute approximate surface area is 108 Å². The van der Waals surface area contributed by atoms with E-state index in [9.17, 15) is 8.42 Å². The fourth-order valence-electron chi connectivity index (χ4n) is 2.44. The van der Waals surface area contributed by atoms with E-state index in [1.165, 1.54) is 4.31 Å². The molecule has 0 bridgehead atoms. The zero-order chi connectivity index (χ0) is 13.3. The first kappa shape index (κ1) is 13.1. The summed E-state index contributed by atoms with van der Waals surface area (Å²) in [4.78, 5) is 0. The Morgan fingerprint density at radius 2 is 2.28 bits per heavy atom. The third-order valence-electron chi connectivity index (χ3n) is 3.49. The summed E-state index contributed by atoms with van der Waals surface area (Å²) in [5.74, 6) is 0. The van der Waals surface area contributed by atoms with Gasteiger partial charge >= 0.3 is 0 Å². The second-order valence-electron chi connectivity index (χ2n) is 4.48. The van der Waals surface area contributed by atoms with Crippen LogP contribution >= 0.6 is 0 Å². The van der Waals surface area contributed by atoms with Crippen LogP contribution in [0.4, 0.5) is 0 Å². The number of rotatable bonds is 3. The van der Waals surface area contributed by atoms with Crippen molar-refractivity contribution in [3.63, 3.8) is 0 Å². The fraction of sp³-hybridized carbons (Fsp3) is 0.583. The van der Waals surface area contributed by atoms with Crippen LogP contribution in [0.5, 0.6) is 0 Å². The Balaban J connectivity index is 2.35. The quantitative estimate of drug-likeness (QED) is 0.833. The van der Waals surface area contributed by atoms with Crippen LogP contribution in [0.3, 0.4) is 0 Å². The number of hydrogen-bond acceptors (Lipinski definition) is 3. The molecule has 1 aliphatic rings. The van der Waals surface area contributed by atoms with Gasteiger partial charge in [0.1, 0.15) is 0 Å². The smallest absolute Gasteiger partial charge is 0.231 e.